The number of carbonyl (C=O) groups excluding carboxylic acids is 1. The predicted octanol–water partition coefficient (Wildman–Crippen LogP) is 4.27. The van der Waals surface area contributed by atoms with Crippen molar-refractivity contribution in [3.63, 3.8) is 0 Å². The third-order valence-corrected chi connectivity index (χ3v) is 4.84. The van der Waals surface area contributed by atoms with Crippen LogP contribution in [0.15, 0.2) is 41.4 Å². The van der Waals surface area contributed by atoms with Gasteiger partial charge in [-0.15, -0.1) is 0 Å². The summed E-state index contributed by atoms with van der Waals surface area (Å²) in [6.07, 6.45) is 1.72. The third kappa shape index (κ3) is 6.60. The first-order chi connectivity index (χ1) is 15.1. The van der Waals surface area contributed by atoms with Crippen molar-refractivity contribution in [2.75, 3.05) is 51.0 Å². The molecule has 0 radical (unpaired) electrons. The Kier molecular flexibility index (Phi) is 8.55. The van der Waals surface area contributed by atoms with Crippen LogP contribution < -0.4 is 14.4 Å². The number of benzene rings is 2. The van der Waals surface area contributed by atoms with Gasteiger partial charge in [0.2, 0.25) is 0 Å². The number of esters is 1. The molecule has 0 aliphatic carbocycles. The highest BCUT2D eigenvalue weighted by atomic mass is 35.5. The molecular weight excluding hydrogens is 420 g/mol. The molecular formula is C23H27ClN2O5. The monoisotopic (exact) mass is 446 g/mol. The molecule has 0 amide bonds. The number of halogens is 1. The number of morpholine rings is 1. The summed E-state index contributed by atoms with van der Waals surface area (Å²) in [6.45, 7) is 7.37. The van der Waals surface area contributed by atoms with Crippen molar-refractivity contribution in [3.05, 3.63) is 47.0 Å². The van der Waals surface area contributed by atoms with Crippen LogP contribution in [0.25, 0.3) is 0 Å². The molecule has 0 aromatic heterocycles. The SMILES string of the molecule is CCOC(=O)COc1c(Cl)cc(C=Nc2ccc(N3CCOCC3)cc2)cc1OCC. The second-order valence-corrected chi connectivity index (χ2v) is 7.14. The fourth-order valence-corrected chi connectivity index (χ4v) is 3.39. The van der Waals surface area contributed by atoms with Crippen LogP contribution in [-0.2, 0) is 14.3 Å². The molecule has 2 aromatic carbocycles. The second-order valence-electron chi connectivity index (χ2n) is 6.73. The highest BCUT2D eigenvalue weighted by molar-refractivity contribution is 6.32. The molecule has 0 N–H and O–H groups in total. The predicted molar refractivity (Wildman–Crippen MR) is 121 cm³/mol. The zero-order chi connectivity index (χ0) is 22.1. The number of hydrogen-bond acceptors (Lipinski definition) is 7. The number of hydrogen-bond donors (Lipinski definition) is 0. The molecule has 31 heavy (non-hydrogen) atoms. The number of nitrogens with zero attached hydrogens (tertiary/aromatic N) is 2. The molecule has 7 nitrogen and oxygen atoms in total. The van der Waals surface area contributed by atoms with E-state index in [1.54, 1.807) is 25.3 Å². The molecule has 1 aliphatic rings. The Labute approximate surface area is 187 Å². The Morgan fingerprint density at radius 1 is 1.13 bits per heavy atom. The van der Waals surface area contributed by atoms with Gasteiger partial charge in [0, 0.05) is 25.0 Å². The average molecular weight is 447 g/mol. The van der Waals surface area contributed by atoms with Crippen LogP contribution in [0.4, 0.5) is 11.4 Å². The summed E-state index contributed by atoms with van der Waals surface area (Å²) in [6, 6.07) is 11.6. The van der Waals surface area contributed by atoms with E-state index in [1.165, 1.54) is 0 Å². The number of ether oxygens (including phenoxy) is 4. The summed E-state index contributed by atoms with van der Waals surface area (Å²) in [4.78, 5) is 18.4. The summed E-state index contributed by atoms with van der Waals surface area (Å²) >= 11 is 6.38. The normalized spacial score (nSPS) is 14.0. The standard InChI is InChI=1S/C23H27ClN2O5/c1-3-29-21-14-17(13-20(24)23(21)31-16-22(27)30-4-2)15-25-18-5-7-19(8-6-18)26-9-11-28-12-10-26/h5-8,13-15H,3-4,9-12,16H2,1-2H3. The Morgan fingerprint density at radius 2 is 1.87 bits per heavy atom. The Bertz CT molecular complexity index is 896. The third-order valence-electron chi connectivity index (χ3n) is 4.56. The van der Waals surface area contributed by atoms with E-state index in [0.717, 1.165) is 43.2 Å². The highest BCUT2D eigenvalue weighted by Crippen LogP contribution is 2.36. The van der Waals surface area contributed by atoms with Crippen LogP contribution in [0, 0.1) is 0 Å². The summed E-state index contributed by atoms with van der Waals surface area (Å²) in [5.74, 6) is 0.291. The molecule has 0 atom stereocenters. The quantitative estimate of drug-likeness (QED) is 0.423. The van der Waals surface area contributed by atoms with Crippen LogP contribution in [0.5, 0.6) is 11.5 Å². The lowest BCUT2D eigenvalue weighted by molar-refractivity contribution is -0.145. The van der Waals surface area contributed by atoms with Crippen molar-refractivity contribution in [2.24, 2.45) is 4.99 Å². The van der Waals surface area contributed by atoms with Gasteiger partial charge in [0.15, 0.2) is 18.1 Å². The number of aliphatic imine (C=N–C) groups is 1. The van der Waals surface area contributed by atoms with E-state index in [4.69, 9.17) is 30.5 Å². The second kappa shape index (κ2) is 11.6. The first-order valence-electron chi connectivity index (χ1n) is 10.3. The first-order valence-corrected chi connectivity index (χ1v) is 10.7. The average Bonchev–Trinajstić information content (AvgIpc) is 2.78. The Hall–Kier alpha value is -2.77. The zero-order valence-corrected chi connectivity index (χ0v) is 18.6. The van der Waals surface area contributed by atoms with Gasteiger partial charge in [-0.05, 0) is 55.8 Å². The van der Waals surface area contributed by atoms with Crippen LogP contribution in [0.1, 0.15) is 19.4 Å². The van der Waals surface area contributed by atoms with Crippen LogP contribution >= 0.6 is 11.6 Å². The maximum atomic E-state index is 11.6. The van der Waals surface area contributed by atoms with Crippen molar-refractivity contribution in [2.45, 2.75) is 13.8 Å². The Morgan fingerprint density at radius 3 is 2.55 bits per heavy atom. The topological polar surface area (TPSA) is 69.6 Å². The van der Waals surface area contributed by atoms with E-state index in [9.17, 15) is 4.79 Å². The largest absolute Gasteiger partial charge is 0.490 e. The van der Waals surface area contributed by atoms with Gasteiger partial charge in [-0.25, -0.2) is 4.79 Å². The van der Waals surface area contributed by atoms with Gasteiger partial charge in [-0.3, -0.25) is 4.99 Å². The lowest BCUT2D eigenvalue weighted by Crippen LogP contribution is -2.36. The lowest BCUT2D eigenvalue weighted by Gasteiger charge is -2.28. The van der Waals surface area contributed by atoms with E-state index < -0.39 is 5.97 Å². The molecule has 3 rings (SSSR count). The van der Waals surface area contributed by atoms with Crippen LogP contribution in [0.2, 0.25) is 5.02 Å². The van der Waals surface area contributed by atoms with Gasteiger partial charge in [0.25, 0.3) is 0 Å². The molecule has 8 heteroatoms. The summed E-state index contributed by atoms with van der Waals surface area (Å²) in [5, 5.41) is 0.333. The minimum absolute atomic E-state index is 0.240. The fourth-order valence-electron chi connectivity index (χ4n) is 3.12. The number of rotatable bonds is 9. The van der Waals surface area contributed by atoms with Gasteiger partial charge >= 0.3 is 5.97 Å². The van der Waals surface area contributed by atoms with Gasteiger partial charge in [-0.2, -0.15) is 0 Å². The van der Waals surface area contributed by atoms with E-state index >= 15 is 0 Å². The van der Waals surface area contributed by atoms with Crippen molar-refractivity contribution in [1.82, 2.24) is 0 Å². The van der Waals surface area contributed by atoms with Crippen LogP contribution in [0.3, 0.4) is 0 Å². The van der Waals surface area contributed by atoms with Crippen LogP contribution in [-0.4, -0.2) is 58.3 Å². The number of carbonyl (C=O) groups is 1. The van der Waals surface area contributed by atoms with E-state index in [2.05, 4.69) is 22.0 Å². The van der Waals surface area contributed by atoms with E-state index in [-0.39, 0.29) is 13.2 Å². The van der Waals surface area contributed by atoms with Crippen molar-refractivity contribution in [1.29, 1.82) is 0 Å². The van der Waals surface area contributed by atoms with Gasteiger partial charge in [-0.1, -0.05) is 11.6 Å². The lowest BCUT2D eigenvalue weighted by atomic mass is 10.2. The zero-order valence-electron chi connectivity index (χ0n) is 17.8. The van der Waals surface area contributed by atoms with Crippen molar-refractivity contribution < 1.29 is 23.7 Å². The molecule has 166 valence electrons. The molecule has 2 aromatic rings. The molecule has 1 heterocycles. The molecule has 1 aliphatic heterocycles. The summed E-state index contributed by atoms with van der Waals surface area (Å²) < 4.78 is 21.5. The van der Waals surface area contributed by atoms with Crippen molar-refractivity contribution in [3.8, 4) is 11.5 Å². The molecule has 0 unspecified atom stereocenters. The maximum Gasteiger partial charge on any atom is 0.344 e. The molecule has 1 saturated heterocycles. The minimum Gasteiger partial charge on any atom is -0.490 e. The highest BCUT2D eigenvalue weighted by Gasteiger charge is 2.15. The van der Waals surface area contributed by atoms with Crippen molar-refractivity contribution >= 4 is 35.2 Å². The molecule has 0 spiro atoms. The molecule has 0 bridgehead atoms. The van der Waals surface area contributed by atoms with Gasteiger partial charge in [0.1, 0.15) is 0 Å². The van der Waals surface area contributed by atoms with Gasteiger partial charge < -0.3 is 23.8 Å². The molecule has 1 fully saturated rings. The first kappa shape index (κ1) is 22.9. The van der Waals surface area contributed by atoms with E-state index in [0.29, 0.717) is 23.1 Å². The minimum atomic E-state index is -0.466. The summed E-state index contributed by atoms with van der Waals surface area (Å²) in [7, 11) is 0. The maximum absolute atomic E-state index is 11.6. The Balaban J connectivity index is 1.71. The summed E-state index contributed by atoms with van der Waals surface area (Å²) in [5.41, 5.74) is 2.75. The molecule has 0 saturated carbocycles. The smallest absolute Gasteiger partial charge is 0.344 e. The fraction of sp³-hybridized carbons (Fsp3) is 0.391. The van der Waals surface area contributed by atoms with Gasteiger partial charge in [0.05, 0.1) is 37.1 Å². The number of anilines is 1. The van der Waals surface area contributed by atoms with E-state index in [1.807, 2.05) is 19.1 Å².